The standard InChI is InChI=1S/C12H14O4.C11H7F3N2O2/c1-7-4-8(10(13)14)6-12(5-7,11(15)16)9-2-3-9;12-11(13,14)8-2-1-3-9(4-8)16-6-7(5-15-16)10(17)18/h4-5,9H,2-3,6H2,1H3,(H,13,14)(H,15,16);1-6H,(H,17,18). The Kier molecular flexibility index (Phi) is 6.67. The van der Waals surface area contributed by atoms with Crippen molar-refractivity contribution in [3.05, 3.63) is 71.1 Å². The number of halogens is 3. The maximum atomic E-state index is 12.5. The summed E-state index contributed by atoms with van der Waals surface area (Å²) in [4.78, 5) is 33.0. The Hall–Kier alpha value is -3.89. The summed E-state index contributed by atoms with van der Waals surface area (Å²) in [7, 11) is 0. The Morgan fingerprint density at radius 2 is 1.79 bits per heavy atom. The number of carbonyl (C=O) groups is 3. The van der Waals surface area contributed by atoms with Crippen molar-refractivity contribution in [2.75, 3.05) is 0 Å². The number of carboxylic acids is 3. The third kappa shape index (κ3) is 5.36. The third-order valence-corrected chi connectivity index (χ3v) is 5.62. The van der Waals surface area contributed by atoms with E-state index in [1.54, 1.807) is 19.1 Å². The molecule has 1 fully saturated rings. The summed E-state index contributed by atoms with van der Waals surface area (Å²) in [6.45, 7) is 1.75. The summed E-state index contributed by atoms with van der Waals surface area (Å²) in [5.74, 6) is -3.00. The van der Waals surface area contributed by atoms with Gasteiger partial charge in [0.25, 0.3) is 0 Å². The lowest BCUT2D eigenvalue weighted by Gasteiger charge is -2.29. The number of nitrogens with zero attached hydrogens (tertiary/aromatic N) is 2. The van der Waals surface area contributed by atoms with Gasteiger partial charge in [-0.1, -0.05) is 17.7 Å². The number of carboxylic acid groups (broad SMARTS) is 3. The van der Waals surface area contributed by atoms with Crippen molar-refractivity contribution in [3.8, 4) is 5.69 Å². The van der Waals surface area contributed by atoms with E-state index in [1.807, 2.05) is 0 Å². The SMILES string of the molecule is CC1=CC(C(=O)O)(C2CC2)CC(C(=O)O)=C1.O=C(O)c1cnn(-c2cccc(C(F)(F)F)c2)c1. The normalized spacial score (nSPS) is 19.9. The Balaban J connectivity index is 0.000000192. The predicted octanol–water partition coefficient (Wildman–Crippen LogP) is 4.42. The average Bonchev–Trinajstić information content (AvgIpc) is 3.49. The Morgan fingerprint density at radius 3 is 2.29 bits per heavy atom. The second kappa shape index (κ2) is 9.16. The minimum atomic E-state index is -4.45. The van der Waals surface area contributed by atoms with Crippen LogP contribution in [0.25, 0.3) is 5.69 Å². The molecule has 0 saturated heterocycles. The number of aliphatic carboxylic acids is 2. The first-order chi connectivity index (χ1) is 15.8. The van der Waals surface area contributed by atoms with Gasteiger partial charge in [0.1, 0.15) is 0 Å². The van der Waals surface area contributed by atoms with Crippen LogP contribution in [0.15, 0.2) is 60.0 Å². The van der Waals surface area contributed by atoms with Crippen LogP contribution in [-0.4, -0.2) is 43.0 Å². The van der Waals surface area contributed by atoms with E-state index in [2.05, 4.69) is 5.10 Å². The Bertz CT molecular complexity index is 1190. The largest absolute Gasteiger partial charge is 0.481 e. The van der Waals surface area contributed by atoms with Gasteiger partial charge in [0, 0.05) is 11.8 Å². The first-order valence-electron chi connectivity index (χ1n) is 10.2. The zero-order chi connectivity index (χ0) is 25.3. The lowest BCUT2D eigenvalue weighted by Crippen LogP contribution is -2.34. The summed E-state index contributed by atoms with van der Waals surface area (Å²) >= 11 is 0. The van der Waals surface area contributed by atoms with Gasteiger partial charge < -0.3 is 15.3 Å². The molecule has 1 unspecified atom stereocenters. The number of hydrogen-bond donors (Lipinski definition) is 3. The lowest BCUT2D eigenvalue weighted by atomic mass is 9.72. The van der Waals surface area contributed by atoms with Gasteiger partial charge in [-0.2, -0.15) is 18.3 Å². The highest BCUT2D eigenvalue weighted by Crippen LogP contribution is 2.52. The van der Waals surface area contributed by atoms with Crippen molar-refractivity contribution in [1.29, 1.82) is 0 Å². The fraction of sp³-hybridized carbons (Fsp3) is 0.304. The van der Waals surface area contributed by atoms with Crippen LogP contribution in [0.3, 0.4) is 0 Å². The smallest absolute Gasteiger partial charge is 0.416 e. The van der Waals surface area contributed by atoms with E-state index in [1.165, 1.54) is 12.1 Å². The summed E-state index contributed by atoms with van der Waals surface area (Å²) < 4.78 is 38.6. The quantitative estimate of drug-likeness (QED) is 0.580. The molecule has 0 radical (unpaired) electrons. The molecule has 0 bridgehead atoms. The molecule has 0 amide bonds. The highest BCUT2D eigenvalue weighted by atomic mass is 19.4. The molecule has 3 N–H and O–H groups in total. The van der Waals surface area contributed by atoms with Crippen molar-refractivity contribution >= 4 is 17.9 Å². The van der Waals surface area contributed by atoms with Crippen LogP contribution in [0, 0.1) is 11.3 Å². The third-order valence-electron chi connectivity index (χ3n) is 5.62. The van der Waals surface area contributed by atoms with Crippen LogP contribution in [-0.2, 0) is 15.8 Å². The zero-order valence-corrected chi connectivity index (χ0v) is 17.9. The maximum Gasteiger partial charge on any atom is 0.416 e. The minimum Gasteiger partial charge on any atom is -0.481 e. The van der Waals surface area contributed by atoms with Gasteiger partial charge in [0.15, 0.2) is 0 Å². The molecule has 1 heterocycles. The van der Waals surface area contributed by atoms with Gasteiger partial charge in [0.2, 0.25) is 0 Å². The van der Waals surface area contributed by atoms with Gasteiger partial charge in [0.05, 0.1) is 28.4 Å². The van der Waals surface area contributed by atoms with Gasteiger partial charge in [-0.3, -0.25) is 4.79 Å². The Morgan fingerprint density at radius 1 is 1.12 bits per heavy atom. The fourth-order valence-electron chi connectivity index (χ4n) is 3.85. The molecular weight excluding hydrogens is 457 g/mol. The van der Waals surface area contributed by atoms with Crippen LogP contribution in [0.2, 0.25) is 0 Å². The zero-order valence-electron chi connectivity index (χ0n) is 17.9. The number of allylic oxidation sites excluding steroid dienone is 2. The topological polar surface area (TPSA) is 130 Å². The fourth-order valence-corrected chi connectivity index (χ4v) is 3.85. The number of aromatic nitrogens is 2. The molecule has 8 nitrogen and oxygen atoms in total. The van der Waals surface area contributed by atoms with E-state index >= 15 is 0 Å². The van der Waals surface area contributed by atoms with Gasteiger partial charge in [-0.25, -0.2) is 14.3 Å². The van der Waals surface area contributed by atoms with E-state index in [-0.39, 0.29) is 29.2 Å². The summed E-state index contributed by atoms with van der Waals surface area (Å²) in [6.07, 6.45) is 2.93. The molecule has 11 heteroatoms. The molecule has 1 aromatic heterocycles. The van der Waals surface area contributed by atoms with Crippen LogP contribution in [0.1, 0.15) is 42.1 Å². The molecular formula is C23H21F3N2O6. The van der Waals surface area contributed by atoms with E-state index < -0.39 is 35.1 Å². The summed E-state index contributed by atoms with van der Waals surface area (Å²) in [6, 6.07) is 4.48. The lowest BCUT2D eigenvalue weighted by molar-refractivity contribution is -0.147. The highest BCUT2D eigenvalue weighted by molar-refractivity contribution is 5.91. The van der Waals surface area contributed by atoms with E-state index in [0.717, 1.165) is 47.6 Å². The average molecular weight is 478 g/mol. The Labute approximate surface area is 191 Å². The number of alkyl halides is 3. The molecule has 4 rings (SSSR count). The minimum absolute atomic E-state index is 0.0904. The molecule has 1 atom stereocenters. The van der Waals surface area contributed by atoms with Crippen LogP contribution < -0.4 is 0 Å². The molecule has 180 valence electrons. The highest BCUT2D eigenvalue weighted by Gasteiger charge is 2.51. The van der Waals surface area contributed by atoms with E-state index in [4.69, 9.17) is 10.2 Å². The molecule has 2 aliphatic rings. The molecule has 34 heavy (non-hydrogen) atoms. The monoisotopic (exact) mass is 478 g/mol. The van der Waals surface area contributed by atoms with Crippen LogP contribution in [0.5, 0.6) is 0 Å². The summed E-state index contributed by atoms with van der Waals surface area (Å²) in [5.41, 5.74) is -0.795. The molecule has 2 aromatic rings. The van der Waals surface area contributed by atoms with E-state index in [0.29, 0.717) is 0 Å². The van der Waals surface area contributed by atoms with Crippen LogP contribution >= 0.6 is 0 Å². The number of benzene rings is 1. The van der Waals surface area contributed by atoms with Crippen molar-refractivity contribution in [3.63, 3.8) is 0 Å². The van der Waals surface area contributed by atoms with Gasteiger partial charge in [-0.05, 0) is 56.4 Å². The van der Waals surface area contributed by atoms with E-state index in [9.17, 15) is 32.7 Å². The second-order valence-corrected chi connectivity index (χ2v) is 8.19. The molecule has 2 aliphatic carbocycles. The number of aromatic carboxylic acids is 1. The number of rotatable bonds is 5. The van der Waals surface area contributed by atoms with Crippen LogP contribution in [0.4, 0.5) is 13.2 Å². The molecule has 0 spiro atoms. The van der Waals surface area contributed by atoms with Gasteiger partial charge in [-0.15, -0.1) is 0 Å². The van der Waals surface area contributed by atoms with Gasteiger partial charge >= 0.3 is 24.1 Å². The summed E-state index contributed by atoms with van der Waals surface area (Å²) in [5, 5.41) is 30.7. The number of hydrogen-bond acceptors (Lipinski definition) is 4. The molecule has 1 saturated carbocycles. The van der Waals surface area contributed by atoms with Crippen molar-refractivity contribution in [1.82, 2.24) is 9.78 Å². The first kappa shape index (κ1) is 24.7. The van der Waals surface area contributed by atoms with Crippen molar-refractivity contribution < 1.29 is 42.9 Å². The molecule has 1 aromatic carbocycles. The second-order valence-electron chi connectivity index (χ2n) is 8.19. The molecule has 0 aliphatic heterocycles. The van der Waals surface area contributed by atoms with Crippen molar-refractivity contribution in [2.24, 2.45) is 11.3 Å². The first-order valence-corrected chi connectivity index (χ1v) is 10.2. The predicted molar refractivity (Wildman–Crippen MR) is 112 cm³/mol. The van der Waals surface area contributed by atoms with Crippen molar-refractivity contribution in [2.45, 2.75) is 32.4 Å². The maximum absolute atomic E-state index is 12.5.